The van der Waals surface area contributed by atoms with E-state index in [0.717, 1.165) is 34.0 Å². The summed E-state index contributed by atoms with van der Waals surface area (Å²) in [6, 6.07) is 25.5. The number of benzene rings is 3. The smallest absolute Gasteiger partial charge is 0.234 e. The summed E-state index contributed by atoms with van der Waals surface area (Å²) < 4.78 is 7.24. The zero-order valence-electron chi connectivity index (χ0n) is 18.0. The number of anilines is 1. The molecule has 4 aromatic rings. The van der Waals surface area contributed by atoms with E-state index in [2.05, 4.69) is 15.5 Å². The second-order valence-electron chi connectivity index (χ2n) is 7.03. The maximum atomic E-state index is 12.7. The number of ether oxygens (including phenoxy) is 1. The first-order valence-corrected chi connectivity index (χ1v) is 11.3. The first-order valence-electron chi connectivity index (χ1n) is 10.3. The Morgan fingerprint density at radius 1 is 0.938 bits per heavy atom. The third-order valence-corrected chi connectivity index (χ3v) is 5.97. The number of carbonyl (C=O) groups excluding carboxylic acids is 1. The summed E-state index contributed by atoms with van der Waals surface area (Å²) in [6.07, 6.45) is 0. The van der Waals surface area contributed by atoms with Crippen LogP contribution in [0.3, 0.4) is 0 Å². The van der Waals surface area contributed by atoms with Crippen molar-refractivity contribution in [3.63, 3.8) is 0 Å². The molecular weight excluding hydrogens is 420 g/mol. The molecule has 0 fully saturated rings. The van der Waals surface area contributed by atoms with Crippen LogP contribution in [0.2, 0.25) is 0 Å². The number of para-hydroxylation sites is 1. The van der Waals surface area contributed by atoms with Crippen molar-refractivity contribution in [3.8, 4) is 28.3 Å². The maximum Gasteiger partial charge on any atom is 0.234 e. The monoisotopic (exact) mass is 444 g/mol. The number of nitrogens with one attached hydrogen (secondary N) is 1. The standard InChI is InChI=1S/C25H24N4O2S/c1-3-29-24(19-13-15-20(31-2)16-14-19)27-28-25(29)32-17-23(30)26-22-12-8-7-11-21(22)18-9-5-4-6-10-18/h4-16H,3,17H2,1-2H3,(H,26,30). The van der Waals surface area contributed by atoms with Gasteiger partial charge in [0.25, 0.3) is 0 Å². The molecule has 1 amide bonds. The predicted molar refractivity (Wildman–Crippen MR) is 129 cm³/mol. The van der Waals surface area contributed by atoms with E-state index in [9.17, 15) is 4.79 Å². The third kappa shape index (κ3) is 4.84. The Kier molecular flexibility index (Phi) is 6.87. The molecule has 0 saturated carbocycles. The molecule has 1 aromatic heterocycles. The van der Waals surface area contributed by atoms with Gasteiger partial charge in [0, 0.05) is 23.4 Å². The van der Waals surface area contributed by atoms with Crippen molar-refractivity contribution in [1.29, 1.82) is 0 Å². The minimum absolute atomic E-state index is 0.0879. The molecule has 7 heteroatoms. The van der Waals surface area contributed by atoms with Gasteiger partial charge in [-0.2, -0.15) is 0 Å². The van der Waals surface area contributed by atoms with Crippen LogP contribution in [0.4, 0.5) is 5.69 Å². The topological polar surface area (TPSA) is 69.0 Å². The Balaban J connectivity index is 1.46. The fourth-order valence-electron chi connectivity index (χ4n) is 3.41. The van der Waals surface area contributed by atoms with E-state index in [1.165, 1.54) is 11.8 Å². The minimum atomic E-state index is -0.0879. The van der Waals surface area contributed by atoms with Crippen LogP contribution < -0.4 is 10.1 Å². The largest absolute Gasteiger partial charge is 0.497 e. The lowest BCUT2D eigenvalue weighted by Crippen LogP contribution is -2.15. The summed E-state index contributed by atoms with van der Waals surface area (Å²) in [7, 11) is 1.64. The van der Waals surface area contributed by atoms with Gasteiger partial charge in [-0.05, 0) is 42.8 Å². The van der Waals surface area contributed by atoms with Gasteiger partial charge >= 0.3 is 0 Å². The Morgan fingerprint density at radius 3 is 2.38 bits per heavy atom. The first kappa shape index (κ1) is 21.6. The lowest BCUT2D eigenvalue weighted by Gasteiger charge is -2.11. The molecule has 32 heavy (non-hydrogen) atoms. The van der Waals surface area contributed by atoms with Gasteiger partial charge in [-0.3, -0.25) is 4.79 Å². The summed E-state index contributed by atoms with van der Waals surface area (Å²) in [5, 5.41) is 12.4. The Labute approximate surface area is 191 Å². The fraction of sp³-hybridized carbons (Fsp3) is 0.160. The molecule has 0 aliphatic heterocycles. The first-order chi connectivity index (χ1) is 15.7. The lowest BCUT2D eigenvalue weighted by atomic mass is 10.0. The SMILES string of the molecule is CCn1c(SCC(=O)Nc2ccccc2-c2ccccc2)nnc1-c1ccc(OC)cc1. The second kappa shape index (κ2) is 10.2. The summed E-state index contributed by atoms with van der Waals surface area (Å²) >= 11 is 1.38. The summed E-state index contributed by atoms with van der Waals surface area (Å²) in [4.78, 5) is 12.7. The van der Waals surface area contributed by atoms with E-state index in [1.54, 1.807) is 7.11 Å². The number of aromatic nitrogens is 3. The molecule has 3 aromatic carbocycles. The number of nitrogens with zero attached hydrogens (tertiary/aromatic N) is 3. The molecule has 4 rings (SSSR count). The highest BCUT2D eigenvalue weighted by atomic mass is 32.2. The highest BCUT2D eigenvalue weighted by molar-refractivity contribution is 7.99. The van der Waals surface area contributed by atoms with Crippen LogP contribution in [-0.2, 0) is 11.3 Å². The average Bonchev–Trinajstić information content (AvgIpc) is 3.26. The van der Waals surface area contributed by atoms with Gasteiger partial charge in [0.1, 0.15) is 5.75 Å². The lowest BCUT2D eigenvalue weighted by molar-refractivity contribution is -0.113. The molecule has 0 aliphatic rings. The van der Waals surface area contributed by atoms with E-state index in [1.807, 2.05) is 90.4 Å². The zero-order valence-corrected chi connectivity index (χ0v) is 18.8. The molecule has 162 valence electrons. The van der Waals surface area contributed by atoms with Crippen LogP contribution in [0, 0.1) is 0 Å². The molecule has 1 N–H and O–H groups in total. The molecule has 0 aliphatic carbocycles. The van der Waals surface area contributed by atoms with Crippen molar-refractivity contribution < 1.29 is 9.53 Å². The molecule has 0 unspecified atom stereocenters. The van der Waals surface area contributed by atoms with Crippen molar-refractivity contribution in [2.45, 2.75) is 18.6 Å². The summed E-state index contributed by atoms with van der Waals surface area (Å²) in [5.74, 6) is 1.71. The number of rotatable bonds is 8. The van der Waals surface area contributed by atoms with E-state index < -0.39 is 0 Å². The number of hydrogen-bond donors (Lipinski definition) is 1. The van der Waals surface area contributed by atoms with Gasteiger partial charge in [-0.1, -0.05) is 60.3 Å². The van der Waals surface area contributed by atoms with Crippen molar-refractivity contribution in [1.82, 2.24) is 14.8 Å². The van der Waals surface area contributed by atoms with E-state index in [-0.39, 0.29) is 11.7 Å². The average molecular weight is 445 g/mol. The van der Waals surface area contributed by atoms with Gasteiger partial charge in [0.05, 0.1) is 12.9 Å². The number of hydrogen-bond acceptors (Lipinski definition) is 5. The normalized spacial score (nSPS) is 10.7. The van der Waals surface area contributed by atoms with Crippen LogP contribution in [0.1, 0.15) is 6.92 Å². The number of thioether (sulfide) groups is 1. The van der Waals surface area contributed by atoms with Crippen molar-refractivity contribution in [3.05, 3.63) is 78.9 Å². The molecule has 0 spiro atoms. The Hall–Kier alpha value is -3.58. The molecule has 0 saturated heterocycles. The van der Waals surface area contributed by atoms with E-state index in [4.69, 9.17) is 4.74 Å². The quantitative estimate of drug-likeness (QED) is 0.370. The van der Waals surface area contributed by atoms with Gasteiger partial charge in [-0.15, -0.1) is 10.2 Å². The number of carbonyl (C=O) groups is 1. The van der Waals surface area contributed by atoms with Crippen LogP contribution in [0.25, 0.3) is 22.5 Å². The van der Waals surface area contributed by atoms with Crippen molar-refractivity contribution in [2.24, 2.45) is 0 Å². The van der Waals surface area contributed by atoms with Gasteiger partial charge in [-0.25, -0.2) is 0 Å². The number of amides is 1. The molecular formula is C25H24N4O2S. The van der Waals surface area contributed by atoms with Crippen LogP contribution in [-0.4, -0.2) is 33.5 Å². The second-order valence-corrected chi connectivity index (χ2v) is 7.97. The summed E-state index contributed by atoms with van der Waals surface area (Å²) in [6.45, 7) is 2.74. The van der Waals surface area contributed by atoms with Crippen LogP contribution in [0.5, 0.6) is 5.75 Å². The molecule has 1 heterocycles. The van der Waals surface area contributed by atoms with E-state index >= 15 is 0 Å². The maximum absolute atomic E-state index is 12.7. The number of methoxy groups -OCH3 is 1. The Bertz CT molecular complexity index is 1190. The molecule has 0 bridgehead atoms. The fourth-order valence-corrected chi connectivity index (χ4v) is 4.21. The summed E-state index contributed by atoms with van der Waals surface area (Å²) in [5.41, 5.74) is 3.80. The third-order valence-electron chi connectivity index (χ3n) is 5.00. The highest BCUT2D eigenvalue weighted by Gasteiger charge is 2.15. The van der Waals surface area contributed by atoms with Crippen molar-refractivity contribution >= 4 is 23.4 Å². The molecule has 0 radical (unpaired) electrons. The van der Waals surface area contributed by atoms with Crippen LogP contribution >= 0.6 is 11.8 Å². The zero-order chi connectivity index (χ0) is 22.3. The van der Waals surface area contributed by atoms with Gasteiger partial charge in [0.15, 0.2) is 11.0 Å². The highest BCUT2D eigenvalue weighted by Crippen LogP contribution is 2.29. The minimum Gasteiger partial charge on any atom is -0.497 e. The van der Waals surface area contributed by atoms with Gasteiger partial charge in [0.2, 0.25) is 5.91 Å². The van der Waals surface area contributed by atoms with Gasteiger partial charge < -0.3 is 14.6 Å². The molecule has 0 atom stereocenters. The Morgan fingerprint density at radius 2 is 1.66 bits per heavy atom. The predicted octanol–water partition coefficient (Wildman–Crippen LogP) is 5.37. The molecule has 6 nitrogen and oxygen atoms in total. The van der Waals surface area contributed by atoms with Crippen LogP contribution in [0.15, 0.2) is 84.0 Å². The van der Waals surface area contributed by atoms with Crippen molar-refractivity contribution in [2.75, 3.05) is 18.2 Å². The van der Waals surface area contributed by atoms with E-state index in [0.29, 0.717) is 11.7 Å².